The van der Waals surface area contributed by atoms with Gasteiger partial charge in [0.25, 0.3) is 0 Å². The quantitative estimate of drug-likeness (QED) is 0.420. The molecule has 4 aromatic carbocycles. The molecule has 4 rings (SSSR count). The van der Waals surface area contributed by atoms with Gasteiger partial charge in [0.05, 0.1) is 5.41 Å². The number of phenols is 2. The van der Waals surface area contributed by atoms with Crippen LogP contribution in [-0.2, 0) is 5.41 Å². The fraction of sp³-hybridized carbons (Fsp3) is 0.111. The Morgan fingerprint density at radius 2 is 0.655 bits per heavy atom. The normalized spacial score (nSPS) is 11.4. The summed E-state index contributed by atoms with van der Waals surface area (Å²) in [7, 11) is 0. The van der Waals surface area contributed by atoms with Crippen molar-refractivity contribution in [2.45, 2.75) is 19.3 Å². The first kappa shape index (κ1) is 18.8. The molecule has 0 heterocycles. The zero-order valence-electron chi connectivity index (χ0n) is 16.6. The van der Waals surface area contributed by atoms with Crippen molar-refractivity contribution in [3.05, 3.63) is 130 Å². The van der Waals surface area contributed by atoms with E-state index in [0.29, 0.717) is 0 Å². The number of hydrogen-bond acceptors (Lipinski definition) is 2. The van der Waals surface area contributed by atoms with Gasteiger partial charge in [-0.25, -0.2) is 0 Å². The van der Waals surface area contributed by atoms with Crippen LogP contribution in [0.5, 0.6) is 11.5 Å². The number of phenolic OH excluding ortho intramolecular Hbond substituents is 2. The Morgan fingerprint density at radius 3 is 0.931 bits per heavy atom. The highest BCUT2D eigenvalue weighted by molar-refractivity contribution is 5.60. The van der Waals surface area contributed by atoms with Crippen LogP contribution < -0.4 is 0 Å². The van der Waals surface area contributed by atoms with Crippen LogP contribution in [0.1, 0.15) is 33.4 Å². The van der Waals surface area contributed by atoms with Crippen molar-refractivity contribution in [3.8, 4) is 11.5 Å². The average molecular weight is 380 g/mol. The predicted octanol–water partition coefficient (Wildman–Crippen LogP) is 6.10. The van der Waals surface area contributed by atoms with E-state index >= 15 is 0 Å². The van der Waals surface area contributed by atoms with Crippen LogP contribution >= 0.6 is 0 Å². The summed E-state index contributed by atoms with van der Waals surface area (Å²) in [6.45, 7) is 4.16. The molecule has 0 saturated carbocycles. The number of benzene rings is 4. The minimum absolute atomic E-state index is 0.237. The zero-order chi connectivity index (χ0) is 20.4. The second-order valence-corrected chi connectivity index (χ2v) is 7.58. The summed E-state index contributed by atoms with van der Waals surface area (Å²) in [6, 6.07) is 32.0. The lowest BCUT2D eigenvalue weighted by Crippen LogP contribution is -2.31. The van der Waals surface area contributed by atoms with Gasteiger partial charge in [-0.3, -0.25) is 0 Å². The number of rotatable bonds is 4. The summed E-state index contributed by atoms with van der Waals surface area (Å²) in [5.74, 6) is 0.474. The van der Waals surface area contributed by atoms with E-state index in [1.54, 1.807) is 24.3 Å². The average Bonchev–Trinajstić information content (AvgIpc) is 2.73. The van der Waals surface area contributed by atoms with Crippen molar-refractivity contribution >= 4 is 0 Å². The minimum atomic E-state index is -0.581. The third-order valence-corrected chi connectivity index (χ3v) is 5.57. The maximum absolute atomic E-state index is 9.91. The zero-order valence-corrected chi connectivity index (χ0v) is 16.6. The smallest absolute Gasteiger partial charge is 0.115 e. The molecule has 0 spiro atoms. The molecule has 0 saturated heterocycles. The Kier molecular flexibility index (Phi) is 4.85. The molecule has 0 radical (unpaired) electrons. The summed E-state index contributed by atoms with van der Waals surface area (Å²) in [5, 5.41) is 19.8. The number of aryl methyl sites for hydroxylation is 2. The molecule has 29 heavy (non-hydrogen) atoms. The van der Waals surface area contributed by atoms with Crippen molar-refractivity contribution < 1.29 is 10.2 Å². The Labute approximate surface area is 171 Å². The van der Waals surface area contributed by atoms with Crippen LogP contribution in [0.15, 0.2) is 97.1 Å². The minimum Gasteiger partial charge on any atom is -0.508 e. The Hall–Kier alpha value is -3.52. The van der Waals surface area contributed by atoms with Gasteiger partial charge in [0.1, 0.15) is 11.5 Å². The molecule has 0 aromatic heterocycles. The molecule has 0 aliphatic carbocycles. The Balaban J connectivity index is 2.11. The third kappa shape index (κ3) is 3.38. The van der Waals surface area contributed by atoms with Crippen molar-refractivity contribution in [2.75, 3.05) is 0 Å². The first-order valence-corrected chi connectivity index (χ1v) is 9.73. The lowest BCUT2D eigenvalue weighted by Gasteiger charge is -2.37. The van der Waals surface area contributed by atoms with Crippen LogP contribution in [0, 0.1) is 13.8 Å². The standard InChI is InChI=1S/C27H24O2/c1-19-3-7-21(8-4-19)27(22-9-5-20(2)6-10-22,23-11-15-25(28)16-12-23)24-13-17-26(29)18-14-24/h3-18,28-29H,1-2H3. The molecular weight excluding hydrogens is 356 g/mol. The largest absolute Gasteiger partial charge is 0.508 e. The van der Waals surface area contributed by atoms with Gasteiger partial charge in [0.2, 0.25) is 0 Å². The number of hydrogen-bond donors (Lipinski definition) is 2. The molecule has 0 unspecified atom stereocenters. The van der Waals surface area contributed by atoms with Gasteiger partial charge in [-0.1, -0.05) is 83.9 Å². The maximum atomic E-state index is 9.91. The molecule has 0 aliphatic heterocycles. The van der Waals surface area contributed by atoms with E-state index < -0.39 is 5.41 Å². The van der Waals surface area contributed by atoms with Gasteiger partial charge >= 0.3 is 0 Å². The first-order chi connectivity index (χ1) is 14.0. The van der Waals surface area contributed by atoms with Gasteiger partial charge < -0.3 is 10.2 Å². The molecule has 2 heteroatoms. The van der Waals surface area contributed by atoms with Crippen LogP contribution in [0.3, 0.4) is 0 Å². The molecule has 0 atom stereocenters. The fourth-order valence-electron chi connectivity index (χ4n) is 4.03. The van der Waals surface area contributed by atoms with E-state index in [0.717, 1.165) is 22.3 Å². The second-order valence-electron chi connectivity index (χ2n) is 7.58. The van der Waals surface area contributed by atoms with Crippen LogP contribution in [-0.4, -0.2) is 10.2 Å². The van der Waals surface area contributed by atoms with Gasteiger partial charge in [-0.15, -0.1) is 0 Å². The second kappa shape index (κ2) is 7.48. The van der Waals surface area contributed by atoms with Crippen LogP contribution in [0.2, 0.25) is 0 Å². The summed E-state index contributed by atoms with van der Waals surface area (Å²) in [6.07, 6.45) is 0. The predicted molar refractivity (Wildman–Crippen MR) is 118 cm³/mol. The Morgan fingerprint density at radius 1 is 0.414 bits per heavy atom. The molecule has 0 bridgehead atoms. The van der Waals surface area contributed by atoms with E-state index in [4.69, 9.17) is 0 Å². The highest BCUT2D eigenvalue weighted by Gasteiger charge is 2.38. The lowest BCUT2D eigenvalue weighted by atomic mass is 9.65. The SMILES string of the molecule is Cc1ccc(C(c2ccc(C)cc2)(c2ccc(O)cc2)c2ccc(O)cc2)cc1. The van der Waals surface area contributed by atoms with Gasteiger partial charge in [0.15, 0.2) is 0 Å². The molecule has 2 nitrogen and oxygen atoms in total. The summed E-state index contributed by atoms with van der Waals surface area (Å²) in [4.78, 5) is 0. The Bertz CT molecular complexity index is 904. The summed E-state index contributed by atoms with van der Waals surface area (Å²) >= 11 is 0. The van der Waals surface area contributed by atoms with E-state index in [1.807, 2.05) is 24.3 Å². The molecule has 4 aromatic rings. The van der Waals surface area contributed by atoms with Gasteiger partial charge in [-0.05, 0) is 60.4 Å². The molecule has 0 aliphatic rings. The topological polar surface area (TPSA) is 40.5 Å². The molecule has 0 amide bonds. The lowest BCUT2D eigenvalue weighted by molar-refractivity contribution is 0.474. The van der Waals surface area contributed by atoms with Gasteiger partial charge in [-0.2, -0.15) is 0 Å². The van der Waals surface area contributed by atoms with Crippen molar-refractivity contribution in [1.29, 1.82) is 0 Å². The monoisotopic (exact) mass is 380 g/mol. The molecule has 0 fully saturated rings. The van der Waals surface area contributed by atoms with E-state index in [1.165, 1.54) is 11.1 Å². The van der Waals surface area contributed by atoms with Gasteiger partial charge in [0, 0.05) is 0 Å². The van der Waals surface area contributed by atoms with Crippen LogP contribution in [0.25, 0.3) is 0 Å². The number of aromatic hydroxyl groups is 2. The van der Waals surface area contributed by atoms with E-state index in [2.05, 4.69) is 62.4 Å². The summed E-state index contributed by atoms with van der Waals surface area (Å²) in [5.41, 5.74) is 6.17. The highest BCUT2D eigenvalue weighted by atomic mass is 16.3. The fourth-order valence-corrected chi connectivity index (χ4v) is 4.03. The van der Waals surface area contributed by atoms with Crippen LogP contribution in [0.4, 0.5) is 0 Å². The maximum Gasteiger partial charge on any atom is 0.115 e. The summed E-state index contributed by atoms with van der Waals surface area (Å²) < 4.78 is 0. The highest BCUT2D eigenvalue weighted by Crippen LogP contribution is 2.45. The first-order valence-electron chi connectivity index (χ1n) is 9.73. The van der Waals surface area contributed by atoms with Crippen molar-refractivity contribution in [3.63, 3.8) is 0 Å². The van der Waals surface area contributed by atoms with Crippen molar-refractivity contribution in [2.24, 2.45) is 0 Å². The molecule has 2 N–H and O–H groups in total. The molecule has 144 valence electrons. The van der Waals surface area contributed by atoms with Crippen molar-refractivity contribution in [1.82, 2.24) is 0 Å². The van der Waals surface area contributed by atoms with E-state index in [-0.39, 0.29) is 11.5 Å². The van der Waals surface area contributed by atoms with E-state index in [9.17, 15) is 10.2 Å². The molecular formula is C27H24O2. The third-order valence-electron chi connectivity index (χ3n) is 5.57.